The highest BCUT2D eigenvalue weighted by molar-refractivity contribution is 8.16. The third-order valence-corrected chi connectivity index (χ3v) is 7.99. The van der Waals surface area contributed by atoms with Crippen molar-refractivity contribution >= 4 is 23.5 Å². The highest BCUT2D eigenvalue weighted by atomic mass is 32.2. The summed E-state index contributed by atoms with van der Waals surface area (Å²) >= 11 is 4.26. The summed E-state index contributed by atoms with van der Waals surface area (Å²) in [6.45, 7) is 9.66. The second kappa shape index (κ2) is 5.28. The normalized spacial score (nSPS) is 25.2. The minimum atomic E-state index is 0.338. The number of thioether (sulfide) groups is 2. The second-order valence-electron chi connectivity index (χ2n) is 7.50. The van der Waals surface area contributed by atoms with Crippen LogP contribution in [-0.2, 0) is 10.8 Å². The maximum atomic E-state index is 2.53. The van der Waals surface area contributed by atoms with E-state index in [-0.39, 0.29) is 0 Å². The molecule has 0 atom stereocenters. The third-order valence-electron chi connectivity index (χ3n) is 4.98. The standard InChI is InChI=1S/C18H26S2/c1-17(2)8-9-18(3,4)15-12-13(6-7-14(15)17)16-19-10-5-11-20-16/h6-7,12,16H,5,8-11H2,1-4H3. The van der Waals surface area contributed by atoms with Crippen molar-refractivity contribution in [2.75, 3.05) is 11.5 Å². The van der Waals surface area contributed by atoms with Crippen LogP contribution in [0.5, 0.6) is 0 Å². The number of benzene rings is 1. The Labute approximate surface area is 132 Å². The van der Waals surface area contributed by atoms with E-state index in [2.05, 4.69) is 69.4 Å². The van der Waals surface area contributed by atoms with Crippen LogP contribution in [0.25, 0.3) is 0 Å². The Hall–Kier alpha value is -0.0800. The van der Waals surface area contributed by atoms with Crippen LogP contribution in [0.2, 0.25) is 0 Å². The molecule has 1 aliphatic heterocycles. The first-order chi connectivity index (χ1) is 9.40. The average molecular weight is 307 g/mol. The first kappa shape index (κ1) is 14.8. The zero-order valence-electron chi connectivity index (χ0n) is 13.2. The van der Waals surface area contributed by atoms with Crippen molar-refractivity contribution in [3.63, 3.8) is 0 Å². The van der Waals surface area contributed by atoms with Gasteiger partial charge in [0.25, 0.3) is 0 Å². The molecule has 0 unspecified atom stereocenters. The van der Waals surface area contributed by atoms with E-state index in [0.717, 1.165) is 0 Å². The van der Waals surface area contributed by atoms with Gasteiger partial charge in [0.05, 0.1) is 4.58 Å². The summed E-state index contributed by atoms with van der Waals surface area (Å²) in [6, 6.07) is 7.37. The molecule has 1 fully saturated rings. The van der Waals surface area contributed by atoms with E-state index in [4.69, 9.17) is 0 Å². The number of hydrogen-bond acceptors (Lipinski definition) is 2. The van der Waals surface area contributed by atoms with Crippen LogP contribution in [0.4, 0.5) is 0 Å². The Morgan fingerprint density at radius 2 is 1.50 bits per heavy atom. The van der Waals surface area contributed by atoms with Crippen LogP contribution >= 0.6 is 23.5 Å². The van der Waals surface area contributed by atoms with Gasteiger partial charge in [-0.05, 0) is 58.3 Å². The summed E-state index contributed by atoms with van der Waals surface area (Å²) in [7, 11) is 0. The van der Waals surface area contributed by atoms with Crippen LogP contribution in [0.3, 0.4) is 0 Å². The minimum absolute atomic E-state index is 0.338. The Balaban J connectivity index is 2.01. The molecule has 0 saturated carbocycles. The highest BCUT2D eigenvalue weighted by Gasteiger charge is 2.37. The van der Waals surface area contributed by atoms with Crippen LogP contribution < -0.4 is 0 Å². The molecule has 20 heavy (non-hydrogen) atoms. The fraction of sp³-hybridized carbons (Fsp3) is 0.667. The molecular weight excluding hydrogens is 280 g/mol. The largest absolute Gasteiger partial charge is 0.143 e. The van der Waals surface area contributed by atoms with Gasteiger partial charge in [-0.1, -0.05) is 45.9 Å². The quantitative estimate of drug-likeness (QED) is 0.633. The van der Waals surface area contributed by atoms with Gasteiger partial charge >= 0.3 is 0 Å². The van der Waals surface area contributed by atoms with Gasteiger partial charge < -0.3 is 0 Å². The Morgan fingerprint density at radius 3 is 2.15 bits per heavy atom. The number of rotatable bonds is 1. The van der Waals surface area contributed by atoms with Gasteiger partial charge in [0.2, 0.25) is 0 Å². The van der Waals surface area contributed by atoms with E-state index in [1.807, 2.05) is 0 Å². The second-order valence-corrected chi connectivity index (χ2v) is 10.2. The molecule has 1 aromatic rings. The van der Waals surface area contributed by atoms with Gasteiger partial charge in [-0.15, -0.1) is 23.5 Å². The first-order valence-electron chi connectivity index (χ1n) is 7.78. The maximum Gasteiger partial charge on any atom is 0.0751 e. The Kier molecular flexibility index (Phi) is 3.92. The molecule has 1 saturated heterocycles. The fourth-order valence-corrected chi connectivity index (χ4v) is 6.31. The zero-order chi connectivity index (χ0) is 14.4. The van der Waals surface area contributed by atoms with Crippen LogP contribution in [0.15, 0.2) is 18.2 Å². The van der Waals surface area contributed by atoms with Crippen molar-refractivity contribution in [2.45, 2.75) is 62.4 Å². The van der Waals surface area contributed by atoms with Crippen LogP contribution in [0, 0.1) is 0 Å². The number of hydrogen-bond donors (Lipinski definition) is 0. The lowest BCUT2D eigenvalue weighted by molar-refractivity contribution is 0.331. The molecule has 2 aliphatic rings. The van der Waals surface area contributed by atoms with Crippen molar-refractivity contribution in [1.29, 1.82) is 0 Å². The summed E-state index contributed by atoms with van der Waals surface area (Å²) in [5.74, 6) is 2.65. The molecule has 1 aliphatic carbocycles. The molecule has 1 heterocycles. The summed E-state index contributed by atoms with van der Waals surface area (Å²) in [6.07, 6.45) is 3.98. The lowest BCUT2D eigenvalue weighted by Gasteiger charge is -2.42. The topological polar surface area (TPSA) is 0 Å². The van der Waals surface area contributed by atoms with Crippen molar-refractivity contribution in [3.8, 4) is 0 Å². The highest BCUT2D eigenvalue weighted by Crippen LogP contribution is 2.49. The molecule has 110 valence electrons. The summed E-state index contributed by atoms with van der Waals surface area (Å²) in [5, 5.41) is 0. The third kappa shape index (κ3) is 2.66. The molecule has 0 bridgehead atoms. The van der Waals surface area contributed by atoms with Crippen LogP contribution in [0.1, 0.15) is 68.2 Å². The fourth-order valence-electron chi connectivity index (χ4n) is 3.43. The van der Waals surface area contributed by atoms with E-state index in [9.17, 15) is 0 Å². The monoisotopic (exact) mass is 306 g/mol. The average Bonchev–Trinajstić information content (AvgIpc) is 2.45. The van der Waals surface area contributed by atoms with E-state index >= 15 is 0 Å². The molecule has 0 aromatic heterocycles. The Bertz CT molecular complexity index is 496. The summed E-state index contributed by atoms with van der Waals surface area (Å²) < 4.78 is 0.662. The number of fused-ring (bicyclic) bond motifs is 1. The molecule has 0 nitrogen and oxygen atoms in total. The maximum absolute atomic E-state index is 2.53. The van der Waals surface area contributed by atoms with E-state index in [1.165, 1.54) is 30.8 Å². The smallest absolute Gasteiger partial charge is 0.0751 e. The van der Waals surface area contributed by atoms with E-state index in [0.29, 0.717) is 15.4 Å². The zero-order valence-corrected chi connectivity index (χ0v) is 14.8. The Morgan fingerprint density at radius 1 is 0.900 bits per heavy atom. The molecule has 0 N–H and O–H groups in total. The van der Waals surface area contributed by atoms with Crippen LogP contribution in [-0.4, -0.2) is 11.5 Å². The molecule has 0 amide bonds. The van der Waals surface area contributed by atoms with Crippen molar-refractivity contribution in [1.82, 2.24) is 0 Å². The first-order valence-corrected chi connectivity index (χ1v) is 9.88. The lowest BCUT2D eigenvalue weighted by atomic mass is 9.63. The molecule has 0 radical (unpaired) electrons. The van der Waals surface area contributed by atoms with Crippen molar-refractivity contribution in [3.05, 3.63) is 34.9 Å². The van der Waals surface area contributed by atoms with Gasteiger partial charge in [0, 0.05) is 0 Å². The van der Waals surface area contributed by atoms with Gasteiger partial charge in [-0.2, -0.15) is 0 Å². The van der Waals surface area contributed by atoms with Gasteiger partial charge in [-0.3, -0.25) is 0 Å². The van der Waals surface area contributed by atoms with Gasteiger partial charge in [0.15, 0.2) is 0 Å². The predicted octanol–water partition coefficient (Wildman–Crippen LogP) is 5.90. The lowest BCUT2D eigenvalue weighted by Crippen LogP contribution is -2.33. The molecule has 3 rings (SSSR count). The molecule has 1 aromatic carbocycles. The summed E-state index contributed by atoms with van der Waals surface area (Å²) in [5.41, 5.74) is 5.42. The van der Waals surface area contributed by atoms with E-state index < -0.39 is 0 Å². The van der Waals surface area contributed by atoms with E-state index in [1.54, 1.807) is 16.7 Å². The van der Waals surface area contributed by atoms with Gasteiger partial charge in [-0.25, -0.2) is 0 Å². The molecule has 0 spiro atoms. The SMILES string of the molecule is CC1(C)CCC(C)(C)c2cc(C3SCCCS3)ccc21. The molecule has 2 heteroatoms. The predicted molar refractivity (Wildman–Crippen MR) is 94.0 cm³/mol. The van der Waals surface area contributed by atoms with Crippen molar-refractivity contribution < 1.29 is 0 Å². The minimum Gasteiger partial charge on any atom is -0.143 e. The summed E-state index contributed by atoms with van der Waals surface area (Å²) in [4.78, 5) is 0. The van der Waals surface area contributed by atoms with Gasteiger partial charge in [0.1, 0.15) is 0 Å². The van der Waals surface area contributed by atoms with Crippen molar-refractivity contribution in [2.24, 2.45) is 0 Å². The molecular formula is C18H26S2.